The minimum Gasteiger partial charge on any atom is -0.320 e. The van der Waals surface area contributed by atoms with Gasteiger partial charge in [-0.25, -0.2) is 4.31 Å². The van der Waals surface area contributed by atoms with Gasteiger partial charge in [0.2, 0.25) is 0 Å². The van der Waals surface area contributed by atoms with Gasteiger partial charge in [-0.1, -0.05) is 36.4 Å². The zero-order valence-corrected chi connectivity index (χ0v) is 15.4. The number of halogens is 1. The van der Waals surface area contributed by atoms with Crippen molar-refractivity contribution in [3.63, 3.8) is 0 Å². The van der Waals surface area contributed by atoms with Gasteiger partial charge < -0.3 is 5.32 Å². The topological polar surface area (TPSA) is 55.7 Å². The largest absolute Gasteiger partial charge is 0.320 e. The van der Waals surface area contributed by atoms with Crippen LogP contribution in [0.4, 0.5) is 11.4 Å². The average molecular weight is 369 g/mol. The van der Waals surface area contributed by atoms with Crippen molar-refractivity contribution >= 4 is 34.6 Å². The number of hydrogen-bond donors (Lipinski definition) is 3. The van der Waals surface area contributed by atoms with Gasteiger partial charge in [-0.05, 0) is 56.6 Å². The van der Waals surface area contributed by atoms with E-state index in [4.69, 9.17) is 0 Å². The van der Waals surface area contributed by atoms with Gasteiger partial charge in [-0.3, -0.25) is 9.11 Å². The van der Waals surface area contributed by atoms with E-state index >= 15 is 0 Å². The first-order valence-corrected chi connectivity index (χ1v) is 9.56. The lowest BCUT2D eigenvalue weighted by Crippen LogP contribution is -2.37. The van der Waals surface area contributed by atoms with E-state index in [9.17, 15) is 9.11 Å². The van der Waals surface area contributed by atoms with Crippen molar-refractivity contribution in [2.24, 2.45) is 0 Å². The standard InChI is InChI=1S/C18H24N2O2S.ClH/c1-19-13-7-11-17-14-15-8-5-6-12-18(15)20(23(17,21)22)16-9-3-2-4-10-16;/h2-6,8-10,12,17,19,21-22H,7,11,13-14H2,1H3;1H. The van der Waals surface area contributed by atoms with Crippen molar-refractivity contribution in [2.75, 3.05) is 17.9 Å². The highest BCUT2D eigenvalue weighted by atomic mass is 35.5. The molecule has 0 aromatic heterocycles. The second-order valence-corrected chi connectivity index (χ2v) is 8.05. The third kappa shape index (κ3) is 3.71. The average Bonchev–Trinajstić information content (AvgIpc) is 2.56. The van der Waals surface area contributed by atoms with Crippen LogP contribution in [0.25, 0.3) is 0 Å². The molecule has 2 aromatic carbocycles. The Labute approximate surface area is 151 Å². The van der Waals surface area contributed by atoms with Gasteiger partial charge in [0.15, 0.2) is 0 Å². The lowest BCUT2D eigenvalue weighted by molar-refractivity contribution is 0.454. The molecule has 1 aliphatic rings. The molecule has 0 saturated carbocycles. The quantitative estimate of drug-likeness (QED) is 0.661. The van der Waals surface area contributed by atoms with E-state index in [1.165, 1.54) is 5.56 Å². The Morgan fingerprint density at radius 2 is 1.75 bits per heavy atom. The summed E-state index contributed by atoms with van der Waals surface area (Å²) in [6.45, 7) is 0.888. The summed E-state index contributed by atoms with van der Waals surface area (Å²) in [7, 11) is -0.985. The second kappa shape index (κ2) is 8.23. The van der Waals surface area contributed by atoms with Gasteiger partial charge in [0, 0.05) is 0 Å². The van der Waals surface area contributed by atoms with E-state index in [-0.39, 0.29) is 17.7 Å². The molecule has 3 N–H and O–H groups in total. The third-order valence-electron chi connectivity index (χ3n) is 4.32. The van der Waals surface area contributed by atoms with Crippen LogP contribution < -0.4 is 9.62 Å². The minimum atomic E-state index is -2.91. The maximum Gasteiger partial charge on any atom is 0.0733 e. The fourth-order valence-corrected chi connectivity index (χ4v) is 5.24. The molecule has 0 bridgehead atoms. The second-order valence-electron chi connectivity index (χ2n) is 5.89. The summed E-state index contributed by atoms with van der Waals surface area (Å²) >= 11 is 0. The Balaban J connectivity index is 0.00000208. The molecule has 0 fully saturated rings. The van der Waals surface area contributed by atoms with E-state index in [0.29, 0.717) is 6.42 Å². The van der Waals surface area contributed by atoms with Gasteiger partial charge in [0.05, 0.1) is 16.6 Å². The van der Waals surface area contributed by atoms with Crippen molar-refractivity contribution in [3.8, 4) is 0 Å². The number of fused-ring (bicyclic) bond motifs is 1. The predicted molar refractivity (Wildman–Crippen MR) is 106 cm³/mol. The maximum absolute atomic E-state index is 11.0. The third-order valence-corrected chi connectivity index (χ3v) is 6.56. The van der Waals surface area contributed by atoms with E-state index in [1.54, 1.807) is 4.31 Å². The first-order chi connectivity index (χ1) is 11.1. The lowest BCUT2D eigenvalue weighted by Gasteiger charge is -2.53. The molecule has 0 aliphatic carbocycles. The Bertz CT molecular complexity index is 654. The fourth-order valence-electron chi connectivity index (χ4n) is 3.16. The van der Waals surface area contributed by atoms with Crippen molar-refractivity contribution in [1.29, 1.82) is 0 Å². The summed E-state index contributed by atoms with van der Waals surface area (Å²) in [6.07, 6.45) is 2.44. The molecular weight excluding hydrogens is 344 g/mol. The highest BCUT2D eigenvalue weighted by Crippen LogP contribution is 2.60. The molecule has 24 heavy (non-hydrogen) atoms. The molecule has 3 rings (SSSR count). The molecule has 4 nitrogen and oxygen atoms in total. The SMILES string of the molecule is CNCCCC1Cc2ccccc2N(c2ccccc2)S1(O)O.Cl. The summed E-state index contributed by atoms with van der Waals surface area (Å²) in [5, 5.41) is 2.98. The number of hydrogen-bond acceptors (Lipinski definition) is 4. The molecule has 1 aliphatic heterocycles. The molecule has 1 heterocycles. The molecule has 0 spiro atoms. The number of nitrogens with zero attached hydrogens (tertiary/aromatic N) is 1. The summed E-state index contributed by atoms with van der Waals surface area (Å²) in [6, 6.07) is 17.7. The van der Waals surface area contributed by atoms with Crippen molar-refractivity contribution < 1.29 is 9.11 Å². The number of benzene rings is 2. The van der Waals surface area contributed by atoms with Crippen LogP contribution in [0.5, 0.6) is 0 Å². The first-order valence-electron chi connectivity index (χ1n) is 7.99. The number of anilines is 2. The summed E-state index contributed by atoms with van der Waals surface area (Å²) in [4.78, 5) is 0. The fraction of sp³-hybridized carbons (Fsp3) is 0.333. The molecular formula is C18H25ClN2O2S. The van der Waals surface area contributed by atoms with Crippen molar-refractivity contribution in [1.82, 2.24) is 5.32 Å². The van der Waals surface area contributed by atoms with Crippen LogP contribution in [-0.4, -0.2) is 27.9 Å². The minimum absolute atomic E-state index is 0. The van der Waals surface area contributed by atoms with Crippen LogP contribution >= 0.6 is 23.2 Å². The summed E-state index contributed by atoms with van der Waals surface area (Å²) < 4.78 is 23.8. The van der Waals surface area contributed by atoms with Crippen LogP contribution in [-0.2, 0) is 6.42 Å². The Hall–Kier alpha value is -1.24. The zero-order chi connectivity index (χ0) is 16.3. The van der Waals surface area contributed by atoms with E-state index in [2.05, 4.69) is 11.4 Å². The molecule has 2 aromatic rings. The predicted octanol–water partition coefficient (Wildman–Crippen LogP) is 4.84. The number of para-hydroxylation sites is 2. The van der Waals surface area contributed by atoms with Crippen LogP contribution in [0.1, 0.15) is 18.4 Å². The Morgan fingerprint density at radius 1 is 1.08 bits per heavy atom. The van der Waals surface area contributed by atoms with Crippen LogP contribution in [0.2, 0.25) is 0 Å². The molecule has 132 valence electrons. The highest BCUT2D eigenvalue weighted by Gasteiger charge is 2.38. The molecule has 0 radical (unpaired) electrons. The molecule has 1 unspecified atom stereocenters. The molecule has 0 amide bonds. The number of rotatable bonds is 5. The van der Waals surface area contributed by atoms with Gasteiger partial charge >= 0.3 is 0 Å². The van der Waals surface area contributed by atoms with Gasteiger partial charge in [-0.15, -0.1) is 23.2 Å². The molecule has 1 atom stereocenters. The van der Waals surface area contributed by atoms with Crippen molar-refractivity contribution in [2.45, 2.75) is 24.5 Å². The first kappa shape index (κ1) is 19.1. The lowest BCUT2D eigenvalue weighted by atomic mass is 10.0. The summed E-state index contributed by atoms with van der Waals surface area (Å²) in [5.74, 6) is 0. The van der Waals surface area contributed by atoms with Crippen molar-refractivity contribution in [3.05, 3.63) is 60.2 Å². The number of nitrogens with one attached hydrogen (secondary N) is 1. The smallest absolute Gasteiger partial charge is 0.0733 e. The normalized spacial score (nSPS) is 20.0. The summed E-state index contributed by atoms with van der Waals surface area (Å²) in [5.41, 5.74) is 2.92. The van der Waals surface area contributed by atoms with E-state index in [0.717, 1.165) is 30.8 Å². The van der Waals surface area contributed by atoms with E-state index in [1.807, 2.05) is 55.6 Å². The van der Waals surface area contributed by atoms with E-state index < -0.39 is 10.8 Å². The Morgan fingerprint density at radius 3 is 2.46 bits per heavy atom. The Kier molecular flexibility index (Phi) is 6.54. The van der Waals surface area contributed by atoms with Gasteiger partial charge in [0.1, 0.15) is 0 Å². The molecule has 6 heteroatoms. The van der Waals surface area contributed by atoms with Gasteiger partial charge in [0.25, 0.3) is 0 Å². The maximum atomic E-state index is 11.0. The van der Waals surface area contributed by atoms with Crippen LogP contribution in [0, 0.1) is 0 Å². The van der Waals surface area contributed by atoms with Crippen LogP contribution in [0.15, 0.2) is 54.6 Å². The zero-order valence-electron chi connectivity index (χ0n) is 13.8. The van der Waals surface area contributed by atoms with Crippen LogP contribution in [0.3, 0.4) is 0 Å². The van der Waals surface area contributed by atoms with Gasteiger partial charge in [-0.2, -0.15) is 0 Å². The molecule has 0 saturated heterocycles. The highest BCUT2D eigenvalue weighted by molar-refractivity contribution is 8.26. The monoisotopic (exact) mass is 368 g/mol.